The number of benzene rings is 2. The standard InChI is InChI=1S/C22H27NO5/c1-12(2)18-11-17(6-7-20(18)25)28-21-13(3)8-16(9-14(21)4)10-19(22(26)27)23-15(5)24/h6-9,11-12,19,25H,10H2,1-5H3,(H,23,24)(H,26,27)/t19-/m0/s1. The summed E-state index contributed by atoms with van der Waals surface area (Å²) in [5.74, 6) is 0.265. The fourth-order valence-electron chi connectivity index (χ4n) is 3.18. The molecule has 1 atom stereocenters. The summed E-state index contributed by atoms with van der Waals surface area (Å²) in [7, 11) is 0. The molecule has 0 spiro atoms. The summed E-state index contributed by atoms with van der Waals surface area (Å²) in [4.78, 5) is 22.6. The molecule has 1 amide bonds. The third-order valence-corrected chi connectivity index (χ3v) is 4.48. The lowest BCUT2D eigenvalue weighted by molar-refractivity contribution is -0.141. The average Bonchev–Trinajstić information content (AvgIpc) is 2.58. The second kappa shape index (κ2) is 8.78. The summed E-state index contributed by atoms with van der Waals surface area (Å²) >= 11 is 0. The Morgan fingerprint density at radius 2 is 1.71 bits per heavy atom. The van der Waals surface area contributed by atoms with Crippen LogP contribution in [0.1, 0.15) is 48.9 Å². The van der Waals surface area contributed by atoms with Gasteiger partial charge in [0.05, 0.1) is 0 Å². The van der Waals surface area contributed by atoms with Crippen LogP contribution in [0.25, 0.3) is 0 Å². The molecule has 0 radical (unpaired) electrons. The number of aromatic hydroxyl groups is 1. The van der Waals surface area contributed by atoms with Crippen LogP contribution >= 0.6 is 0 Å². The van der Waals surface area contributed by atoms with Crippen LogP contribution in [0.2, 0.25) is 0 Å². The van der Waals surface area contributed by atoms with E-state index in [0.29, 0.717) is 11.5 Å². The number of carbonyl (C=O) groups excluding carboxylic acids is 1. The van der Waals surface area contributed by atoms with E-state index >= 15 is 0 Å². The number of nitrogens with one attached hydrogen (secondary N) is 1. The van der Waals surface area contributed by atoms with E-state index in [1.807, 2.05) is 45.9 Å². The summed E-state index contributed by atoms with van der Waals surface area (Å²) < 4.78 is 6.06. The maximum Gasteiger partial charge on any atom is 0.326 e. The third-order valence-electron chi connectivity index (χ3n) is 4.48. The van der Waals surface area contributed by atoms with Crippen LogP contribution in [-0.2, 0) is 16.0 Å². The predicted octanol–water partition coefficient (Wildman–Crippen LogP) is 4.06. The smallest absolute Gasteiger partial charge is 0.326 e. The van der Waals surface area contributed by atoms with Crippen LogP contribution in [0, 0.1) is 13.8 Å². The van der Waals surface area contributed by atoms with Crippen molar-refractivity contribution in [2.45, 2.75) is 53.0 Å². The number of phenolic OH excluding ortho intramolecular Hbond substituents is 1. The Kier molecular flexibility index (Phi) is 6.67. The van der Waals surface area contributed by atoms with Gasteiger partial charge in [0.2, 0.25) is 5.91 Å². The van der Waals surface area contributed by atoms with Crippen LogP contribution in [0.5, 0.6) is 17.2 Å². The molecule has 0 aliphatic carbocycles. The molecule has 0 aliphatic heterocycles. The van der Waals surface area contributed by atoms with E-state index in [0.717, 1.165) is 22.3 Å². The maximum absolute atomic E-state index is 11.4. The maximum atomic E-state index is 11.4. The van der Waals surface area contributed by atoms with Crippen LogP contribution in [0.15, 0.2) is 30.3 Å². The topological polar surface area (TPSA) is 95.9 Å². The molecule has 0 heterocycles. The SMILES string of the molecule is CC(=O)N[C@@H](Cc1cc(C)c(Oc2ccc(O)c(C(C)C)c2)c(C)c1)C(=O)O. The number of hydrogen-bond acceptors (Lipinski definition) is 4. The minimum atomic E-state index is -1.07. The molecule has 6 heteroatoms. The van der Waals surface area contributed by atoms with Gasteiger partial charge < -0.3 is 20.3 Å². The Morgan fingerprint density at radius 3 is 2.21 bits per heavy atom. The summed E-state index contributed by atoms with van der Waals surface area (Å²) in [6, 6.07) is 7.91. The normalized spacial score (nSPS) is 11.9. The van der Waals surface area contributed by atoms with Gasteiger partial charge in [0, 0.05) is 18.9 Å². The number of carboxylic acid groups (broad SMARTS) is 1. The number of rotatable bonds is 7. The lowest BCUT2D eigenvalue weighted by Crippen LogP contribution is -2.41. The van der Waals surface area contributed by atoms with E-state index in [4.69, 9.17) is 4.74 Å². The Balaban J connectivity index is 2.28. The Morgan fingerprint density at radius 1 is 1.11 bits per heavy atom. The van der Waals surface area contributed by atoms with Crippen molar-refractivity contribution in [2.75, 3.05) is 0 Å². The van der Waals surface area contributed by atoms with Gasteiger partial charge in [-0.05, 0) is 54.7 Å². The van der Waals surface area contributed by atoms with Gasteiger partial charge in [-0.3, -0.25) is 4.79 Å². The number of aryl methyl sites for hydroxylation is 2. The molecule has 2 aromatic rings. The second-order valence-corrected chi connectivity index (χ2v) is 7.33. The van der Waals surface area contributed by atoms with Crippen molar-refractivity contribution in [3.63, 3.8) is 0 Å². The van der Waals surface area contributed by atoms with Crippen molar-refractivity contribution < 1.29 is 24.5 Å². The minimum Gasteiger partial charge on any atom is -0.508 e. The third kappa shape index (κ3) is 5.25. The largest absolute Gasteiger partial charge is 0.508 e. The lowest BCUT2D eigenvalue weighted by atomic mass is 9.99. The van der Waals surface area contributed by atoms with Crippen molar-refractivity contribution in [2.24, 2.45) is 0 Å². The zero-order valence-electron chi connectivity index (χ0n) is 16.9. The molecule has 2 aromatic carbocycles. The van der Waals surface area contributed by atoms with Crippen LogP contribution in [0.4, 0.5) is 0 Å². The molecule has 28 heavy (non-hydrogen) atoms. The van der Waals surface area contributed by atoms with Crippen LogP contribution in [0.3, 0.4) is 0 Å². The number of hydrogen-bond donors (Lipinski definition) is 3. The number of carboxylic acids is 1. The first-order chi connectivity index (χ1) is 13.1. The lowest BCUT2D eigenvalue weighted by Gasteiger charge is -2.18. The summed E-state index contributed by atoms with van der Waals surface area (Å²) in [5.41, 5.74) is 3.34. The van der Waals surface area contributed by atoms with Gasteiger partial charge in [-0.25, -0.2) is 4.79 Å². The van der Waals surface area contributed by atoms with E-state index in [2.05, 4.69) is 5.32 Å². The van der Waals surface area contributed by atoms with Gasteiger partial charge in [-0.15, -0.1) is 0 Å². The number of ether oxygens (including phenoxy) is 1. The molecule has 0 fully saturated rings. The average molecular weight is 385 g/mol. The molecule has 0 aliphatic rings. The van der Waals surface area contributed by atoms with Crippen molar-refractivity contribution in [1.82, 2.24) is 5.32 Å². The fraction of sp³-hybridized carbons (Fsp3) is 0.364. The minimum absolute atomic E-state index is 0.162. The fourth-order valence-corrected chi connectivity index (χ4v) is 3.18. The van der Waals surface area contributed by atoms with Crippen molar-refractivity contribution in [3.05, 3.63) is 52.6 Å². The Hall–Kier alpha value is -3.02. The quantitative estimate of drug-likeness (QED) is 0.668. The molecular weight excluding hydrogens is 358 g/mol. The first kappa shape index (κ1) is 21.3. The molecule has 0 saturated heterocycles. The predicted molar refractivity (Wildman–Crippen MR) is 107 cm³/mol. The molecule has 0 bridgehead atoms. The Labute approximate surface area is 165 Å². The second-order valence-electron chi connectivity index (χ2n) is 7.33. The van der Waals surface area contributed by atoms with Gasteiger partial charge >= 0.3 is 5.97 Å². The molecule has 0 unspecified atom stereocenters. The Bertz CT molecular complexity index is 865. The summed E-state index contributed by atoms with van der Waals surface area (Å²) in [5, 5.41) is 21.7. The van der Waals surface area contributed by atoms with E-state index < -0.39 is 12.0 Å². The first-order valence-electron chi connectivity index (χ1n) is 9.19. The van der Waals surface area contributed by atoms with Crippen molar-refractivity contribution in [3.8, 4) is 17.2 Å². The number of aliphatic carboxylic acids is 1. The molecule has 0 saturated carbocycles. The van der Waals surface area contributed by atoms with E-state index in [1.54, 1.807) is 12.1 Å². The van der Waals surface area contributed by atoms with Gasteiger partial charge in [-0.2, -0.15) is 0 Å². The molecule has 150 valence electrons. The number of phenols is 1. The highest BCUT2D eigenvalue weighted by Crippen LogP contribution is 2.34. The molecule has 2 rings (SSSR count). The highest BCUT2D eigenvalue weighted by Gasteiger charge is 2.20. The molecule has 0 aromatic heterocycles. The van der Waals surface area contributed by atoms with E-state index in [9.17, 15) is 19.8 Å². The van der Waals surface area contributed by atoms with Gasteiger partial charge in [0.15, 0.2) is 0 Å². The number of amides is 1. The highest BCUT2D eigenvalue weighted by molar-refractivity contribution is 5.82. The molecular formula is C22H27NO5. The van der Waals surface area contributed by atoms with Crippen LogP contribution < -0.4 is 10.1 Å². The van der Waals surface area contributed by atoms with Crippen LogP contribution in [-0.4, -0.2) is 28.1 Å². The van der Waals surface area contributed by atoms with Crippen molar-refractivity contribution >= 4 is 11.9 Å². The van der Waals surface area contributed by atoms with Gasteiger partial charge in [0.25, 0.3) is 0 Å². The van der Waals surface area contributed by atoms with E-state index in [-0.39, 0.29) is 24.0 Å². The zero-order valence-corrected chi connectivity index (χ0v) is 16.9. The first-order valence-corrected chi connectivity index (χ1v) is 9.19. The van der Waals surface area contributed by atoms with Crippen molar-refractivity contribution in [1.29, 1.82) is 0 Å². The summed E-state index contributed by atoms with van der Waals surface area (Å²) in [6.07, 6.45) is 0.188. The summed E-state index contributed by atoms with van der Waals surface area (Å²) in [6.45, 7) is 9.08. The monoisotopic (exact) mass is 385 g/mol. The van der Waals surface area contributed by atoms with E-state index in [1.165, 1.54) is 6.92 Å². The highest BCUT2D eigenvalue weighted by atomic mass is 16.5. The molecule has 3 N–H and O–H groups in total. The van der Waals surface area contributed by atoms with Gasteiger partial charge in [0.1, 0.15) is 23.3 Å². The molecule has 6 nitrogen and oxygen atoms in total. The number of carbonyl (C=O) groups is 2. The van der Waals surface area contributed by atoms with Gasteiger partial charge in [-0.1, -0.05) is 26.0 Å². The zero-order chi connectivity index (χ0) is 21.0.